The van der Waals surface area contributed by atoms with E-state index in [0.29, 0.717) is 77.6 Å². The molecule has 1 saturated carbocycles. The summed E-state index contributed by atoms with van der Waals surface area (Å²) in [5.74, 6) is 2.69. The van der Waals surface area contributed by atoms with E-state index in [9.17, 15) is 9.59 Å². The first kappa shape index (κ1) is 32.9. The quantitative estimate of drug-likeness (QED) is 0.0931. The number of carbonyl (C=O) groups is 2. The van der Waals surface area contributed by atoms with Crippen LogP contribution in [0, 0.1) is 12.8 Å². The van der Waals surface area contributed by atoms with Crippen LogP contribution < -0.4 is 24.7 Å². The van der Waals surface area contributed by atoms with Crippen LogP contribution in [0.25, 0.3) is 5.57 Å². The lowest BCUT2D eigenvalue weighted by atomic mass is 10.0. The minimum Gasteiger partial charge on any atom is -0.493 e. The van der Waals surface area contributed by atoms with Gasteiger partial charge in [0.1, 0.15) is 0 Å². The predicted molar refractivity (Wildman–Crippen MR) is 193 cm³/mol. The topological polar surface area (TPSA) is 128 Å². The molecule has 11 heteroatoms. The molecular formula is C39H41N5O6. The maximum absolute atomic E-state index is 13.5. The minimum atomic E-state index is -0.217. The van der Waals surface area contributed by atoms with E-state index >= 15 is 0 Å². The summed E-state index contributed by atoms with van der Waals surface area (Å²) in [6, 6.07) is 14.6. The van der Waals surface area contributed by atoms with Gasteiger partial charge >= 0.3 is 0 Å². The highest BCUT2D eigenvalue weighted by atomic mass is 16.5. The molecule has 1 fully saturated rings. The Morgan fingerprint density at radius 3 is 2.36 bits per heavy atom. The summed E-state index contributed by atoms with van der Waals surface area (Å²) in [7, 11) is 3.16. The summed E-state index contributed by atoms with van der Waals surface area (Å²) >= 11 is 0. The largest absolute Gasteiger partial charge is 0.493 e. The third-order valence-corrected chi connectivity index (χ3v) is 9.53. The number of methoxy groups -OCH3 is 2. The molecule has 3 heterocycles. The van der Waals surface area contributed by atoms with Crippen LogP contribution in [0.3, 0.4) is 0 Å². The van der Waals surface area contributed by atoms with Crippen molar-refractivity contribution in [1.82, 2.24) is 9.80 Å². The number of hydrogen-bond donors (Lipinski definition) is 1. The van der Waals surface area contributed by atoms with Crippen molar-refractivity contribution in [1.29, 1.82) is 0 Å². The van der Waals surface area contributed by atoms with Crippen molar-refractivity contribution in [2.45, 2.75) is 51.1 Å². The van der Waals surface area contributed by atoms with Crippen LogP contribution in [-0.2, 0) is 4.79 Å². The third kappa shape index (κ3) is 6.80. The van der Waals surface area contributed by atoms with Gasteiger partial charge in [-0.2, -0.15) is 0 Å². The lowest BCUT2D eigenvalue weighted by Crippen LogP contribution is -2.32. The van der Waals surface area contributed by atoms with Crippen molar-refractivity contribution in [3.63, 3.8) is 0 Å². The molecule has 0 bridgehead atoms. The van der Waals surface area contributed by atoms with Crippen LogP contribution in [0.2, 0.25) is 0 Å². The molecule has 0 aromatic heterocycles. The number of nitrogen functional groups attached to an aromatic ring is 1. The molecule has 0 spiro atoms. The zero-order valence-electron chi connectivity index (χ0n) is 28.5. The van der Waals surface area contributed by atoms with E-state index in [2.05, 4.69) is 4.99 Å². The van der Waals surface area contributed by atoms with E-state index in [1.165, 1.54) is 18.4 Å². The fourth-order valence-electron chi connectivity index (χ4n) is 6.57. The predicted octanol–water partition coefficient (Wildman–Crippen LogP) is 6.64. The van der Waals surface area contributed by atoms with Crippen LogP contribution >= 0.6 is 0 Å². The van der Waals surface area contributed by atoms with E-state index in [-0.39, 0.29) is 18.0 Å². The number of aryl methyl sites for hydroxylation is 1. The summed E-state index contributed by atoms with van der Waals surface area (Å²) < 4.78 is 23.5. The van der Waals surface area contributed by atoms with E-state index in [1.807, 2.05) is 61.9 Å². The average Bonchev–Trinajstić information content (AvgIpc) is 3.79. The number of benzene rings is 3. The fraction of sp³-hybridized carbons (Fsp3) is 0.333. The van der Waals surface area contributed by atoms with Crippen LogP contribution in [-0.4, -0.2) is 74.1 Å². The number of amides is 2. The van der Waals surface area contributed by atoms with Gasteiger partial charge in [0.15, 0.2) is 23.0 Å². The summed E-state index contributed by atoms with van der Waals surface area (Å²) in [6.07, 6.45) is 12.8. The second-order valence-electron chi connectivity index (χ2n) is 13.0. The number of nitrogens with two attached hydrogens (primary N) is 1. The summed E-state index contributed by atoms with van der Waals surface area (Å²) in [4.78, 5) is 38.2. The van der Waals surface area contributed by atoms with Gasteiger partial charge in [0.25, 0.3) is 5.91 Å². The van der Waals surface area contributed by atoms with Gasteiger partial charge in [-0.3, -0.25) is 19.6 Å². The number of rotatable bonds is 13. The Morgan fingerprint density at radius 2 is 1.66 bits per heavy atom. The van der Waals surface area contributed by atoms with Crippen molar-refractivity contribution in [3.8, 4) is 23.0 Å². The van der Waals surface area contributed by atoms with Crippen molar-refractivity contribution in [2.75, 3.05) is 33.2 Å². The molecule has 50 heavy (non-hydrogen) atoms. The molecule has 2 amide bonds. The first-order chi connectivity index (χ1) is 24.3. The molecule has 4 aliphatic rings. The van der Waals surface area contributed by atoms with Crippen molar-refractivity contribution < 1.29 is 28.5 Å². The number of aliphatic imine (C=N–C) groups is 2. The van der Waals surface area contributed by atoms with E-state index in [0.717, 1.165) is 29.5 Å². The molecule has 2 N–H and O–H groups in total. The number of fused-ring (bicyclic) bond motifs is 2. The molecule has 2 unspecified atom stereocenters. The first-order valence-corrected chi connectivity index (χ1v) is 16.9. The van der Waals surface area contributed by atoms with Gasteiger partial charge in [0.05, 0.1) is 56.5 Å². The molecule has 3 aliphatic heterocycles. The normalized spacial score (nSPS) is 19.5. The Bertz CT molecular complexity index is 1910. The molecule has 11 nitrogen and oxygen atoms in total. The number of ether oxygens (including phenoxy) is 4. The molecule has 3 aromatic carbocycles. The second kappa shape index (κ2) is 14.1. The molecule has 0 radical (unpaired) electrons. The number of anilines is 1. The molecule has 1 aliphatic carbocycles. The highest BCUT2D eigenvalue weighted by Gasteiger charge is 2.38. The zero-order valence-corrected chi connectivity index (χ0v) is 28.5. The van der Waals surface area contributed by atoms with Crippen LogP contribution in [0.1, 0.15) is 53.6 Å². The van der Waals surface area contributed by atoms with E-state index in [1.54, 1.807) is 42.4 Å². The van der Waals surface area contributed by atoms with Crippen molar-refractivity contribution in [2.24, 2.45) is 15.9 Å². The Labute approximate surface area is 291 Å². The van der Waals surface area contributed by atoms with Gasteiger partial charge in [-0.1, -0.05) is 12.1 Å². The van der Waals surface area contributed by atoms with Gasteiger partial charge in [0, 0.05) is 55.5 Å². The molecular weight excluding hydrogens is 634 g/mol. The number of carbonyl (C=O) groups excluding carboxylic acids is 2. The molecule has 258 valence electrons. The Morgan fingerprint density at radius 1 is 0.940 bits per heavy atom. The van der Waals surface area contributed by atoms with Crippen molar-refractivity contribution >= 4 is 47.4 Å². The monoisotopic (exact) mass is 675 g/mol. The van der Waals surface area contributed by atoms with E-state index in [4.69, 9.17) is 29.7 Å². The standard InChI is InChI=1S/C39H41N5O6/c1-24-13-35(47-2)37(17-33(24)41-19-30-14-27(21-43(30)23-45)26-7-9-29(40)10-8-26)49-11-4-12-50-38-18-34-32(16-36(38)48-3)39(46)44-22-28(25-5-6-25)15-31(44)20-42-34/h7-10,13,16-23,25,30-31H,4-6,11-12,14-15,40H2,1-3H3. The minimum absolute atomic E-state index is 0.0538. The smallest absolute Gasteiger partial charge is 0.260 e. The Balaban J connectivity index is 0.971. The van der Waals surface area contributed by atoms with Gasteiger partial charge < -0.3 is 34.5 Å². The zero-order chi connectivity index (χ0) is 34.8. The molecule has 7 rings (SSSR count). The average molecular weight is 676 g/mol. The van der Waals surface area contributed by atoms with Gasteiger partial charge in [-0.25, -0.2) is 0 Å². The lowest BCUT2D eigenvalue weighted by Gasteiger charge is -2.19. The Hall–Kier alpha value is -5.58. The summed E-state index contributed by atoms with van der Waals surface area (Å²) in [5, 5.41) is 0. The number of nitrogens with zero attached hydrogens (tertiary/aromatic N) is 4. The maximum atomic E-state index is 13.5. The number of hydrogen-bond acceptors (Lipinski definition) is 9. The fourth-order valence-corrected chi connectivity index (χ4v) is 6.57. The van der Waals surface area contributed by atoms with Crippen LogP contribution in [0.15, 0.2) is 76.5 Å². The highest BCUT2D eigenvalue weighted by Crippen LogP contribution is 2.44. The van der Waals surface area contributed by atoms with Gasteiger partial charge in [0.2, 0.25) is 6.41 Å². The highest BCUT2D eigenvalue weighted by molar-refractivity contribution is 6.04. The second-order valence-corrected chi connectivity index (χ2v) is 13.0. The van der Waals surface area contributed by atoms with Crippen molar-refractivity contribution in [3.05, 3.63) is 83.2 Å². The summed E-state index contributed by atoms with van der Waals surface area (Å²) in [6.45, 7) is 2.66. The Kier molecular flexibility index (Phi) is 9.29. The van der Waals surface area contributed by atoms with Crippen LogP contribution in [0.4, 0.5) is 17.1 Å². The first-order valence-electron chi connectivity index (χ1n) is 16.9. The van der Waals surface area contributed by atoms with Gasteiger partial charge in [-0.05, 0) is 78.6 Å². The lowest BCUT2D eigenvalue weighted by molar-refractivity contribution is -0.116. The molecule has 3 aromatic rings. The van der Waals surface area contributed by atoms with Crippen LogP contribution in [0.5, 0.6) is 23.0 Å². The SMILES string of the molecule is COc1cc(C)c(N=CC2CC(c3ccc(N)cc3)=CN2C=O)cc1OCCCOc1cc2c(cc1OC)C(=O)N1C=C(C3CC3)CC1C=N2. The van der Waals surface area contributed by atoms with E-state index < -0.39 is 0 Å². The third-order valence-electron chi connectivity index (χ3n) is 9.53. The maximum Gasteiger partial charge on any atom is 0.260 e. The molecule has 0 saturated heterocycles. The van der Waals surface area contributed by atoms with Gasteiger partial charge in [-0.15, -0.1) is 0 Å². The molecule has 2 atom stereocenters. The summed E-state index contributed by atoms with van der Waals surface area (Å²) in [5.41, 5.74) is 12.6.